The number of para-hydroxylation sites is 1. The highest BCUT2D eigenvalue weighted by Gasteiger charge is 2.34. The summed E-state index contributed by atoms with van der Waals surface area (Å²) in [6.45, 7) is 0. The van der Waals surface area contributed by atoms with E-state index in [9.17, 15) is 14.7 Å². The van der Waals surface area contributed by atoms with Gasteiger partial charge in [-0.3, -0.25) is 9.36 Å². The largest absolute Gasteiger partial charge is 0.496 e. The predicted molar refractivity (Wildman–Crippen MR) is 157 cm³/mol. The molecule has 0 bridgehead atoms. The van der Waals surface area contributed by atoms with E-state index in [2.05, 4.69) is 18.2 Å². The van der Waals surface area contributed by atoms with Crippen molar-refractivity contribution in [1.29, 1.82) is 0 Å². The Morgan fingerprint density at radius 2 is 1.80 bits per heavy atom. The minimum Gasteiger partial charge on any atom is -0.496 e. The topological polar surface area (TPSA) is 94.0 Å². The number of benzene rings is 3. The summed E-state index contributed by atoms with van der Waals surface area (Å²) in [5.41, 5.74) is 6.14. The van der Waals surface area contributed by atoms with Crippen LogP contribution in [0.2, 0.25) is 0 Å². The molecule has 1 N–H and O–H groups in total. The Kier molecular flexibility index (Phi) is 6.05. The minimum absolute atomic E-state index is 0.140. The first-order valence-electron chi connectivity index (χ1n) is 13.2. The zero-order valence-electron chi connectivity index (χ0n) is 22.0. The molecule has 5 aromatic rings. The van der Waals surface area contributed by atoms with Crippen LogP contribution < -0.4 is 19.6 Å². The molecule has 41 heavy (non-hydrogen) atoms. The summed E-state index contributed by atoms with van der Waals surface area (Å²) in [6, 6.07) is 25.9. The van der Waals surface area contributed by atoms with E-state index in [4.69, 9.17) is 14.1 Å². The van der Waals surface area contributed by atoms with E-state index < -0.39 is 5.97 Å². The van der Waals surface area contributed by atoms with Gasteiger partial charge in [0, 0.05) is 22.8 Å². The Bertz CT molecular complexity index is 2050. The van der Waals surface area contributed by atoms with Gasteiger partial charge >= 0.3 is 5.97 Å². The fourth-order valence-corrected chi connectivity index (χ4v) is 6.66. The number of nitrogens with zero attached hydrogens (tertiary/aromatic N) is 2. The Labute approximate surface area is 238 Å². The highest BCUT2D eigenvalue weighted by molar-refractivity contribution is 7.07. The summed E-state index contributed by atoms with van der Waals surface area (Å²) < 4.78 is 14.1. The number of carboxylic acids is 1. The number of fused-ring (bicyclic) bond motifs is 3. The molecule has 0 saturated heterocycles. The first-order chi connectivity index (χ1) is 20.0. The maximum absolute atomic E-state index is 14.0. The third-order valence-corrected chi connectivity index (χ3v) is 8.61. The first-order valence-corrected chi connectivity index (χ1v) is 14.0. The van der Waals surface area contributed by atoms with Crippen molar-refractivity contribution in [2.45, 2.75) is 18.9 Å². The SMILES string of the molecule is COc1ccccc1[C@@H]1C2=C(N=c3sc(=Cc4ccc(-c5ccc(C(=O)O)cc5)o4)c(=O)n31)c1ccccc1CC2. The Morgan fingerprint density at radius 1 is 1.02 bits per heavy atom. The average molecular weight is 561 g/mol. The van der Waals surface area contributed by atoms with Gasteiger partial charge in [-0.05, 0) is 54.3 Å². The maximum atomic E-state index is 14.0. The molecule has 2 aliphatic rings. The number of ether oxygens (including phenoxy) is 1. The van der Waals surface area contributed by atoms with Crippen molar-refractivity contribution < 1.29 is 19.1 Å². The van der Waals surface area contributed by atoms with Gasteiger partial charge in [0.05, 0.1) is 28.9 Å². The third-order valence-electron chi connectivity index (χ3n) is 7.62. The summed E-state index contributed by atoms with van der Waals surface area (Å²) >= 11 is 1.34. The summed E-state index contributed by atoms with van der Waals surface area (Å²) in [7, 11) is 1.65. The molecular formula is C33H24N2O5S. The van der Waals surface area contributed by atoms with Crippen molar-refractivity contribution in [2.75, 3.05) is 7.11 Å². The van der Waals surface area contributed by atoms with Crippen LogP contribution in [-0.2, 0) is 6.42 Å². The van der Waals surface area contributed by atoms with E-state index in [0.717, 1.165) is 46.6 Å². The van der Waals surface area contributed by atoms with E-state index in [1.807, 2.05) is 36.4 Å². The first kappa shape index (κ1) is 25.0. The van der Waals surface area contributed by atoms with Gasteiger partial charge in [-0.1, -0.05) is 65.9 Å². The van der Waals surface area contributed by atoms with Gasteiger partial charge in [0.1, 0.15) is 17.3 Å². The molecule has 0 saturated carbocycles. The summed E-state index contributed by atoms with van der Waals surface area (Å²) in [6.07, 6.45) is 3.42. The molecule has 0 amide bonds. The predicted octanol–water partition coefficient (Wildman–Crippen LogP) is 5.29. The number of carboxylic acid groups (broad SMARTS) is 1. The normalized spacial score (nSPS) is 16.0. The molecule has 1 aliphatic heterocycles. The second-order valence-corrected chi connectivity index (χ2v) is 10.9. The number of methoxy groups -OCH3 is 1. The molecule has 2 aromatic heterocycles. The molecule has 0 fully saturated rings. The quantitative estimate of drug-likeness (QED) is 0.316. The number of aromatic nitrogens is 1. The van der Waals surface area contributed by atoms with E-state index in [1.54, 1.807) is 36.0 Å². The lowest BCUT2D eigenvalue weighted by Gasteiger charge is -2.31. The number of carbonyl (C=O) groups is 1. The van der Waals surface area contributed by atoms with Gasteiger partial charge in [0.25, 0.3) is 5.56 Å². The third kappa shape index (κ3) is 4.24. The van der Waals surface area contributed by atoms with E-state index in [1.165, 1.54) is 29.0 Å². The fourth-order valence-electron chi connectivity index (χ4n) is 5.68. The van der Waals surface area contributed by atoms with E-state index in [0.29, 0.717) is 20.9 Å². The van der Waals surface area contributed by atoms with Crippen molar-refractivity contribution in [1.82, 2.24) is 4.57 Å². The number of thiazole rings is 1. The molecule has 0 unspecified atom stereocenters. The minimum atomic E-state index is -0.983. The average Bonchev–Trinajstić information content (AvgIpc) is 3.60. The van der Waals surface area contributed by atoms with Crippen LogP contribution in [0.3, 0.4) is 0 Å². The molecular weight excluding hydrogens is 536 g/mol. The molecule has 202 valence electrons. The molecule has 1 atom stereocenters. The second-order valence-electron chi connectivity index (χ2n) is 9.94. The van der Waals surface area contributed by atoms with Gasteiger partial charge in [-0.15, -0.1) is 0 Å². The number of allylic oxidation sites excluding steroid dienone is 1. The summed E-state index contributed by atoms with van der Waals surface area (Å²) in [5.74, 6) is 0.850. The van der Waals surface area contributed by atoms with Crippen LogP contribution in [0.5, 0.6) is 5.75 Å². The number of hydrogen-bond acceptors (Lipinski definition) is 6. The lowest BCUT2D eigenvalue weighted by molar-refractivity contribution is 0.0697. The van der Waals surface area contributed by atoms with Crippen LogP contribution in [0.1, 0.15) is 45.3 Å². The smallest absolute Gasteiger partial charge is 0.335 e. The van der Waals surface area contributed by atoms with Crippen molar-refractivity contribution in [2.24, 2.45) is 4.99 Å². The molecule has 3 heterocycles. The van der Waals surface area contributed by atoms with E-state index in [-0.39, 0.29) is 17.2 Å². The highest BCUT2D eigenvalue weighted by atomic mass is 32.1. The van der Waals surface area contributed by atoms with E-state index >= 15 is 0 Å². The molecule has 3 aromatic carbocycles. The van der Waals surface area contributed by atoms with Crippen molar-refractivity contribution in [3.8, 4) is 17.1 Å². The van der Waals surface area contributed by atoms with Crippen molar-refractivity contribution in [3.63, 3.8) is 0 Å². The van der Waals surface area contributed by atoms with Crippen LogP contribution in [0.15, 0.2) is 105 Å². The van der Waals surface area contributed by atoms with Gasteiger partial charge in [0.15, 0.2) is 4.80 Å². The number of aromatic carboxylic acids is 1. The molecule has 8 heteroatoms. The molecule has 0 radical (unpaired) electrons. The standard InChI is InChI=1S/C33H24N2O5S/c1-39-27-9-5-4-8-24(27)30-25-16-14-19-6-2-3-7-23(19)29(25)34-33-35(30)31(36)28(41-33)18-22-15-17-26(40-22)20-10-12-21(13-11-20)32(37)38/h2-13,15,17-18,30H,14,16H2,1H3,(H,37,38)/t30-/m1/s1. The van der Waals surface area contributed by atoms with Gasteiger partial charge in [-0.25, -0.2) is 9.79 Å². The number of furan rings is 1. The monoisotopic (exact) mass is 560 g/mol. The van der Waals surface area contributed by atoms with Gasteiger partial charge < -0.3 is 14.3 Å². The van der Waals surface area contributed by atoms with Crippen LogP contribution in [-0.4, -0.2) is 22.8 Å². The van der Waals surface area contributed by atoms with Crippen LogP contribution in [0.4, 0.5) is 0 Å². The summed E-state index contributed by atoms with van der Waals surface area (Å²) in [4.78, 5) is 30.9. The molecule has 7 rings (SSSR count). The van der Waals surface area contributed by atoms with Gasteiger partial charge in [0.2, 0.25) is 0 Å². The Balaban J connectivity index is 1.38. The van der Waals surface area contributed by atoms with Crippen molar-refractivity contribution >= 4 is 29.1 Å². The summed E-state index contributed by atoms with van der Waals surface area (Å²) in [5, 5.41) is 9.17. The zero-order valence-corrected chi connectivity index (χ0v) is 22.9. The Morgan fingerprint density at radius 3 is 2.61 bits per heavy atom. The van der Waals surface area contributed by atoms with Gasteiger partial charge in [-0.2, -0.15) is 0 Å². The van der Waals surface area contributed by atoms with Crippen molar-refractivity contribution in [3.05, 3.63) is 138 Å². The molecule has 1 aliphatic carbocycles. The molecule has 7 nitrogen and oxygen atoms in total. The Hall–Kier alpha value is -4.95. The molecule has 0 spiro atoms. The highest BCUT2D eigenvalue weighted by Crippen LogP contribution is 2.43. The number of aryl methyl sites for hydroxylation is 1. The lowest BCUT2D eigenvalue weighted by Crippen LogP contribution is -2.38. The van der Waals surface area contributed by atoms with Crippen LogP contribution >= 0.6 is 11.3 Å². The maximum Gasteiger partial charge on any atom is 0.335 e. The van der Waals surface area contributed by atoms with Crippen LogP contribution in [0, 0.1) is 0 Å². The number of hydrogen-bond donors (Lipinski definition) is 1. The number of rotatable bonds is 5. The zero-order chi connectivity index (χ0) is 28.1. The lowest BCUT2D eigenvalue weighted by atomic mass is 9.83. The second kappa shape index (κ2) is 9.91. The van der Waals surface area contributed by atoms with Crippen LogP contribution in [0.25, 0.3) is 23.1 Å². The fraction of sp³-hybridized carbons (Fsp3) is 0.121.